The number of hydrogen-bond acceptors (Lipinski definition) is 3. The van der Waals surface area contributed by atoms with Gasteiger partial charge in [-0.15, -0.1) is 0 Å². The van der Waals surface area contributed by atoms with Crippen molar-refractivity contribution in [2.24, 2.45) is 0 Å². The molecule has 1 unspecified atom stereocenters. The SMILES string of the molecule is CC(NC(=O)c1cccc(NC(=O)COc2ccc(Cl)cc2)c1)c1ccccc1. The Hall–Kier alpha value is -3.31. The van der Waals surface area contributed by atoms with Gasteiger partial charge in [0.15, 0.2) is 6.61 Å². The molecule has 0 bridgehead atoms. The Morgan fingerprint density at radius 1 is 0.966 bits per heavy atom. The van der Waals surface area contributed by atoms with Crippen molar-refractivity contribution >= 4 is 29.1 Å². The summed E-state index contributed by atoms with van der Waals surface area (Å²) in [5.41, 5.74) is 2.00. The normalized spacial score (nSPS) is 11.4. The van der Waals surface area contributed by atoms with Crippen molar-refractivity contribution in [3.05, 3.63) is 95.0 Å². The van der Waals surface area contributed by atoms with Crippen LogP contribution in [0.2, 0.25) is 5.02 Å². The maximum Gasteiger partial charge on any atom is 0.262 e. The van der Waals surface area contributed by atoms with Crippen LogP contribution in [0.25, 0.3) is 0 Å². The lowest BCUT2D eigenvalue weighted by atomic mass is 10.1. The minimum atomic E-state index is -0.324. The van der Waals surface area contributed by atoms with Gasteiger partial charge in [-0.25, -0.2) is 0 Å². The molecule has 1 atom stereocenters. The number of carbonyl (C=O) groups excluding carboxylic acids is 2. The molecule has 0 radical (unpaired) electrons. The molecule has 148 valence electrons. The number of amides is 2. The van der Waals surface area contributed by atoms with Gasteiger partial charge in [0.05, 0.1) is 6.04 Å². The Morgan fingerprint density at radius 2 is 1.69 bits per heavy atom. The molecular weight excluding hydrogens is 388 g/mol. The first-order valence-corrected chi connectivity index (χ1v) is 9.53. The van der Waals surface area contributed by atoms with Gasteiger partial charge < -0.3 is 15.4 Å². The van der Waals surface area contributed by atoms with Gasteiger partial charge in [-0.1, -0.05) is 48.0 Å². The Kier molecular flexibility index (Phi) is 6.87. The van der Waals surface area contributed by atoms with E-state index in [1.807, 2.05) is 37.3 Å². The third-order valence-electron chi connectivity index (χ3n) is 4.24. The average molecular weight is 409 g/mol. The first kappa shape index (κ1) is 20.4. The van der Waals surface area contributed by atoms with Gasteiger partial charge in [-0.2, -0.15) is 0 Å². The Labute approximate surface area is 174 Å². The fraction of sp³-hybridized carbons (Fsp3) is 0.130. The topological polar surface area (TPSA) is 67.4 Å². The summed E-state index contributed by atoms with van der Waals surface area (Å²) < 4.78 is 5.42. The van der Waals surface area contributed by atoms with E-state index in [4.69, 9.17) is 16.3 Å². The van der Waals surface area contributed by atoms with Crippen LogP contribution in [-0.2, 0) is 4.79 Å². The predicted molar refractivity (Wildman–Crippen MR) is 114 cm³/mol. The smallest absolute Gasteiger partial charge is 0.262 e. The summed E-state index contributed by atoms with van der Waals surface area (Å²) in [6, 6.07) is 23.1. The molecule has 0 fully saturated rings. The highest BCUT2D eigenvalue weighted by molar-refractivity contribution is 6.30. The molecule has 0 saturated carbocycles. The predicted octanol–water partition coefficient (Wildman–Crippen LogP) is 4.85. The molecule has 0 aliphatic rings. The Bertz CT molecular complexity index is 975. The number of nitrogens with one attached hydrogen (secondary N) is 2. The zero-order valence-electron chi connectivity index (χ0n) is 15.9. The molecule has 29 heavy (non-hydrogen) atoms. The van der Waals surface area contributed by atoms with Crippen molar-refractivity contribution in [2.75, 3.05) is 11.9 Å². The standard InChI is InChI=1S/C23H21ClN2O3/c1-16(17-6-3-2-4-7-17)25-23(28)18-8-5-9-20(14-18)26-22(27)15-29-21-12-10-19(24)11-13-21/h2-14,16H,15H2,1H3,(H,25,28)(H,26,27). The molecule has 0 aliphatic heterocycles. The van der Waals surface area contributed by atoms with E-state index in [-0.39, 0.29) is 24.5 Å². The lowest BCUT2D eigenvalue weighted by molar-refractivity contribution is -0.118. The summed E-state index contributed by atoms with van der Waals surface area (Å²) in [6.07, 6.45) is 0. The molecule has 3 rings (SSSR count). The first-order valence-electron chi connectivity index (χ1n) is 9.15. The second kappa shape index (κ2) is 9.75. The summed E-state index contributed by atoms with van der Waals surface area (Å²) in [7, 11) is 0. The molecule has 6 heteroatoms. The van der Waals surface area contributed by atoms with Gasteiger partial charge in [0.25, 0.3) is 11.8 Å². The number of hydrogen-bond donors (Lipinski definition) is 2. The molecule has 0 spiro atoms. The van der Waals surface area contributed by atoms with Crippen LogP contribution in [-0.4, -0.2) is 18.4 Å². The maximum absolute atomic E-state index is 12.5. The van der Waals surface area contributed by atoms with Crippen LogP contribution < -0.4 is 15.4 Å². The molecule has 3 aromatic rings. The number of ether oxygens (including phenoxy) is 1. The van der Waals surface area contributed by atoms with Crippen LogP contribution in [0, 0.1) is 0 Å². The van der Waals surface area contributed by atoms with Crippen molar-refractivity contribution in [1.82, 2.24) is 5.32 Å². The zero-order chi connectivity index (χ0) is 20.6. The van der Waals surface area contributed by atoms with Crippen molar-refractivity contribution in [1.29, 1.82) is 0 Å². The Balaban J connectivity index is 1.56. The third-order valence-corrected chi connectivity index (χ3v) is 4.49. The number of carbonyl (C=O) groups is 2. The fourth-order valence-corrected chi connectivity index (χ4v) is 2.85. The van der Waals surface area contributed by atoms with E-state index in [0.717, 1.165) is 5.56 Å². The summed E-state index contributed by atoms with van der Waals surface area (Å²) in [6.45, 7) is 1.77. The molecule has 5 nitrogen and oxygen atoms in total. The van der Waals surface area contributed by atoms with Crippen molar-refractivity contribution in [3.63, 3.8) is 0 Å². The quantitative estimate of drug-likeness (QED) is 0.587. The summed E-state index contributed by atoms with van der Waals surface area (Å²) in [4.78, 5) is 24.7. The van der Waals surface area contributed by atoms with Crippen LogP contribution >= 0.6 is 11.6 Å². The molecule has 0 heterocycles. The lowest BCUT2D eigenvalue weighted by Crippen LogP contribution is -2.27. The van der Waals surface area contributed by atoms with Crippen molar-refractivity contribution < 1.29 is 14.3 Å². The maximum atomic E-state index is 12.5. The first-order chi connectivity index (χ1) is 14.0. The molecule has 3 aromatic carbocycles. The molecule has 0 aromatic heterocycles. The van der Waals surface area contributed by atoms with E-state index < -0.39 is 0 Å². The van der Waals surface area contributed by atoms with Gasteiger partial charge in [-0.3, -0.25) is 9.59 Å². The fourth-order valence-electron chi connectivity index (χ4n) is 2.72. The van der Waals surface area contributed by atoms with Crippen molar-refractivity contribution in [2.45, 2.75) is 13.0 Å². The highest BCUT2D eigenvalue weighted by atomic mass is 35.5. The van der Waals surface area contributed by atoms with Crippen LogP contribution in [0.15, 0.2) is 78.9 Å². The van der Waals surface area contributed by atoms with Crippen LogP contribution in [0.4, 0.5) is 5.69 Å². The number of anilines is 1. The van der Waals surface area contributed by atoms with Gasteiger partial charge in [-0.05, 0) is 55.0 Å². The van der Waals surface area contributed by atoms with Gasteiger partial charge in [0.1, 0.15) is 5.75 Å². The van der Waals surface area contributed by atoms with E-state index in [2.05, 4.69) is 10.6 Å². The van der Waals surface area contributed by atoms with E-state index in [9.17, 15) is 9.59 Å². The summed E-state index contributed by atoms with van der Waals surface area (Å²) in [5.74, 6) is 0.0117. The van der Waals surface area contributed by atoms with Gasteiger partial charge in [0, 0.05) is 16.3 Å². The van der Waals surface area contributed by atoms with Gasteiger partial charge >= 0.3 is 0 Å². The third kappa shape index (κ3) is 6.09. The molecule has 0 saturated heterocycles. The molecule has 2 amide bonds. The molecule has 2 N–H and O–H groups in total. The zero-order valence-corrected chi connectivity index (χ0v) is 16.6. The minimum Gasteiger partial charge on any atom is -0.484 e. The highest BCUT2D eigenvalue weighted by Crippen LogP contribution is 2.17. The van der Waals surface area contributed by atoms with Crippen LogP contribution in [0.5, 0.6) is 5.75 Å². The summed E-state index contributed by atoms with van der Waals surface area (Å²) >= 11 is 5.82. The lowest BCUT2D eigenvalue weighted by Gasteiger charge is -2.15. The second-order valence-electron chi connectivity index (χ2n) is 6.48. The van der Waals surface area contributed by atoms with E-state index >= 15 is 0 Å². The van der Waals surface area contributed by atoms with Crippen LogP contribution in [0.3, 0.4) is 0 Å². The monoisotopic (exact) mass is 408 g/mol. The van der Waals surface area contributed by atoms with E-state index in [1.165, 1.54) is 0 Å². The average Bonchev–Trinajstić information content (AvgIpc) is 2.74. The number of rotatable bonds is 7. The minimum absolute atomic E-state index is 0.130. The highest BCUT2D eigenvalue weighted by Gasteiger charge is 2.12. The second-order valence-corrected chi connectivity index (χ2v) is 6.91. The van der Waals surface area contributed by atoms with Gasteiger partial charge in [0.2, 0.25) is 0 Å². The van der Waals surface area contributed by atoms with Crippen molar-refractivity contribution in [3.8, 4) is 5.75 Å². The summed E-state index contributed by atoms with van der Waals surface area (Å²) in [5, 5.41) is 6.29. The van der Waals surface area contributed by atoms with E-state index in [1.54, 1.807) is 48.5 Å². The van der Waals surface area contributed by atoms with Crippen LogP contribution in [0.1, 0.15) is 28.9 Å². The Morgan fingerprint density at radius 3 is 2.41 bits per heavy atom. The van der Waals surface area contributed by atoms with E-state index in [0.29, 0.717) is 22.0 Å². The number of benzene rings is 3. The number of halogens is 1. The molecular formula is C23H21ClN2O3. The molecule has 0 aliphatic carbocycles. The largest absolute Gasteiger partial charge is 0.484 e.